The number of aromatic nitrogens is 3. The highest BCUT2D eigenvalue weighted by atomic mass is 35.5. The third-order valence-corrected chi connectivity index (χ3v) is 4.56. The maximum absolute atomic E-state index is 12.4. The molecule has 4 rings (SSSR count). The zero-order valence-corrected chi connectivity index (χ0v) is 14.9. The Morgan fingerprint density at radius 2 is 2.07 bits per heavy atom. The van der Waals surface area contributed by atoms with Gasteiger partial charge in [0, 0.05) is 29.9 Å². The number of imidazole rings is 1. The normalized spacial score (nSPS) is 10.7. The predicted molar refractivity (Wildman–Crippen MR) is 105 cm³/mol. The van der Waals surface area contributed by atoms with E-state index in [1.54, 1.807) is 48.8 Å². The van der Waals surface area contributed by atoms with Crippen LogP contribution in [0.15, 0.2) is 60.9 Å². The van der Waals surface area contributed by atoms with Gasteiger partial charge in [-0.3, -0.25) is 9.78 Å². The lowest BCUT2D eigenvalue weighted by Crippen LogP contribution is -2.04. The van der Waals surface area contributed by atoms with E-state index in [-0.39, 0.29) is 12.2 Å². The summed E-state index contributed by atoms with van der Waals surface area (Å²) in [5, 5.41) is 0.539. The molecule has 1 N–H and O–H groups in total. The van der Waals surface area contributed by atoms with Crippen molar-refractivity contribution in [2.45, 2.75) is 6.42 Å². The molecule has 2 aromatic heterocycles. The minimum absolute atomic E-state index is 0.0114. The number of ketones is 1. The first-order valence-corrected chi connectivity index (χ1v) is 8.61. The van der Waals surface area contributed by atoms with Crippen molar-refractivity contribution in [2.75, 3.05) is 0 Å². The van der Waals surface area contributed by atoms with Crippen molar-refractivity contribution in [3.63, 3.8) is 0 Å². The fourth-order valence-corrected chi connectivity index (χ4v) is 3.08. The van der Waals surface area contributed by atoms with Crippen molar-refractivity contribution in [1.82, 2.24) is 15.0 Å². The van der Waals surface area contributed by atoms with Gasteiger partial charge in [0.25, 0.3) is 0 Å². The number of fused-ring (bicyclic) bond motifs is 1. The molecule has 0 atom stereocenters. The SMILES string of the molecule is [C-]#[N+]c1ccc2nc(-c3cc(CC(=O)c4cccnc4)ccc3Cl)[nH]c2c1. The minimum Gasteiger partial charge on any atom is -0.339 e. The average molecular weight is 373 g/mol. The van der Waals surface area contributed by atoms with Gasteiger partial charge >= 0.3 is 0 Å². The highest BCUT2D eigenvalue weighted by Crippen LogP contribution is 2.30. The van der Waals surface area contributed by atoms with Crippen molar-refractivity contribution in [3.8, 4) is 11.4 Å². The highest BCUT2D eigenvalue weighted by Gasteiger charge is 2.13. The molecule has 2 heterocycles. The van der Waals surface area contributed by atoms with Crippen molar-refractivity contribution in [2.24, 2.45) is 0 Å². The number of hydrogen-bond acceptors (Lipinski definition) is 3. The molecule has 130 valence electrons. The molecule has 0 spiro atoms. The first kappa shape index (κ1) is 17.0. The number of nitrogens with one attached hydrogen (secondary N) is 1. The summed E-state index contributed by atoms with van der Waals surface area (Å²) in [6.07, 6.45) is 3.45. The van der Waals surface area contributed by atoms with E-state index in [2.05, 4.69) is 19.8 Å². The smallest absolute Gasteiger partial charge is 0.189 e. The van der Waals surface area contributed by atoms with Crippen LogP contribution in [0, 0.1) is 6.57 Å². The molecule has 0 fully saturated rings. The number of aromatic amines is 1. The van der Waals surface area contributed by atoms with Gasteiger partial charge in [-0.2, -0.15) is 0 Å². The van der Waals surface area contributed by atoms with Crippen molar-refractivity contribution < 1.29 is 4.79 Å². The van der Waals surface area contributed by atoms with Crippen molar-refractivity contribution in [3.05, 3.63) is 88.5 Å². The summed E-state index contributed by atoms with van der Waals surface area (Å²) in [7, 11) is 0. The lowest BCUT2D eigenvalue weighted by molar-refractivity contribution is 0.0992. The number of benzene rings is 2. The summed E-state index contributed by atoms with van der Waals surface area (Å²) >= 11 is 6.37. The maximum Gasteiger partial charge on any atom is 0.189 e. The summed E-state index contributed by atoms with van der Waals surface area (Å²) in [5.74, 6) is 0.593. The zero-order valence-electron chi connectivity index (χ0n) is 14.1. The molecule has 0 amide bonds. The number of rotatable bonds is 4. The molecule has 4 aromatic rings. The summed E-state index contributed by atoms with van der Waals surface area (Å²) in [4.78, 5) is 27.6. The number of hydrogen-bond donors (Lipinski definition) is 1. The minimum atomic E-state index is -0.0114. The lowest BCUT2D eigenvalue weighted by Gasteiger charge is -2.06. The van der Waals surface area contributed by atoms with Gasteiger partial charge in [0.15, 0.2) is 11.5 Å². The second kappa shape index (κ2) is 7.02. The Morgan fingerprint density at radius 1 is 1.19 bits per heavy atom. The molecule has 6 heteroatoms. The maximum atomic E-state index is 12.4. The van der Waals surface area contributed by atoms with E-state index in [0.29, 0.717) is 27.7 Å². The first-order chi connectivity index (χ1) is 13.1. The lowest BCUT2D eigenvalue weighted by atomic mass is 10.0. The summed E-state index contributed by atoms with van der Waals surface area (Å²) in [6, 6.07) is 14.2. The van der Waals surface area contributed by atoms with Gasteiger partial charge < -0.3 is 4.98 Å². The molecule has 0 radical (unpaired) electrons. The van der Waals surface area contributed by atoms with Gasteiger partial charge in [0.05, 0.1) is 22.6 Å². The average Bonchev–Trinajstić information content (AvgIpc) is 3.13. The van der Waals surface area contributed by atoms with Crippen LogP contribution in [0.2, 0.25) is 5.02 Å². The Morgan fingerprint density at radius 3 is 2.85 bits per heavy atom. The summed E-state index contributed by atoms with van der Waals surface area (Å²) in [5.41, 5.74) is 4.19. The van der Waals surface area contributed by atoms with Gasteiger partial charge in [-0.25, -0.2) is 9.83 Å². The second-order valence-corrected chi connectivity index (χ2v) is 6.46. The van der Waals surface area contributed by atoms with E-state index >= 15 is 0 Å². The molecule has 0 saturated carbocycles. The molecule has 0 unspecified atom stereocenters. The number of H-pyrrole nitrogens is 1. The van der Waals surface area contributed by atoms with E-state index in [1.807, 2.05) is 12.1 Å². The van der Waals surface area contributed by atoms with E-state index in [9.17, 15) is 4.79 Å². The van der Waals surface area contributed by atoms with Crippen LogP contribution < -0.4 is 0 Å². The standard InChI is InChI=1S/C21H13ClN4O/c1-23-15-5-7-18-19(11-15)26-21(25-18)16-9-13(4-6-17(16)22)10-20(27)14-3-2-8-24-12-14/h2-9,11-12H,10H2,(H,25,26). The quantitative estimate of drug-likeness (QED) is 0.393. The topological polar surface area (TPSA) is 63.0 Å². The Balaban J connectivity index is 1.68. The molecular weight excluding hydrogens is 360 g/mol. The van der Waals surface area contributed by atoms with Crippen LogP contribution in [-0.2, 0) is 6.42 Å². The van der Waals surface area contributed by atoms with Crippen LogP contribution in [0.4, 0.5) is 5.69 Å². The molecule has 2 aromatic carbocycles. The van der Waals surface area contributed by atoms with Gasteiger partial charge in [-0.15, -0.1) is 0 Å². The number of carbonyl (C=O) groups is 1. The van der Waals surface area contributed by atoms with E-state index in [4.69, 9.17) is 18.2 Å². The van der Waals surface area contributed by atoms with Gasteiger partial charge in [-0.1, -0.05) is 23.7 Å². The number of pyridine rings is 1. The Labute approximate surface area is 160 Å². The Bertz CT molecular complexity index is 1190. The molecule has 5 nitrogen and oxygen atoms in total. The third-order valence-electron chi connectivity index (χ3n) is 4.23. The van der Waals surface area contributed by atoms with Crippen LogP contribution >= 0.6 is 11.6 Å². The molecule has 0 bridgehead atoms. The van der Waals surface area contributed by atoms with Crippen molar-refractivity contribution >= 4 is 34.1 Å². The summed E-state index contributed by atoms with van der Waals surface area (Å²) in [6.45, 7) is 7.12. The molecule has 0 aliphatic rings. The van der Waals surface area contributed by atoms with Gasteiger partial charge in [0.1, 0.15) is 5.82 Å². The monoisotopic (exact) mass is 372 g/mol. The first-order valence-electron chi connectivity index (χ1n) is 8.23. The third kappa shape index (κ3) is 3.43. The second-order valence-electron chi connectivity index (χ2n) is 6.05. The van der Waals surface area contributed by atoms with Crippen LogP contribution in [-0.4, -0.2) is 20.7 Å². The number of nitrogens with zero attached hydrogens (tertiary/aromatic N) is 3. The molecule has 0 saturated heterocycles. The number of halogens is 1. The molecule has 27 heavy (non-hydrogen) atoms. The zero-order chi connectivity index (χ0) is 18.8. The van der Waals surface area contributed by atoms with Crippen LogP contribution in [0.1, 0.15) is 15.9 Å². The largest absolute Gasteiger partial charge is 0.339 e. The number of carbonyl (C=O) groups excluding carboxylic acids is 1. The van der Waals surface area contributed by atoms with Crippen LogP contribution in [0.3, 0.4) is 0 Å². The van der Waals surface area contributed by atoms with Gasteiger partial charge in [0.2, 0.25) is 0 Å². The van der Waals surface area contributed by atoms with Gasteiger partial charge in [-0.05, 0) is 42.0 Å². The fourth-order valence-electron chi connectivity index (χ4n) is 2.87. The highest BCUT2D eigenvalue weighted by molar-refractivity contribution is 6.33. The molecule has 0 aliphatic carbocycles. The van der Waals surface area contributed by atoms with E-state index in [0.717, 1.165) is 16.6 Å². The molecular formula is C21H13ClN4O. The fraction of sp³-hybridized carbons (Fsp3) is 0.0476. The Hall–Kier alpha value is -3.49. The van der Waals surface area contributed by atoms with E-state index < -0.39 is 0 Å². The molecule has 0 aliphatic heterocycles. The van der Waals surface area contributed by atoms with Crippen molar-refractivity contribution in [1.29, 1.82) is 0 Å². The predicted octanol–water partition coefficient (Wildman–Crippen LogP) is 5.25. The Kier molecular flexibility index (Phi) is 4.41. The summed E-state index contributed by atoms with van der Waals surface area (Å²) < 4.78 is 0. The van der Waals surface area contributed by atoms with Crippen LogP contribution in [0.25, 0.3) is 27.3 Å². The number of Topliss-reactive ketones (excluding diaryl/α,β-unsaturated/α-hetero) is 1. The van der Waals surface area contributed by atoms with E-state index in [1.165, 1.54) is 0 Å². The van der Waals surface area contributed by atoms with Crippen LogP contribution in [0.5, 0.6) is 0 Å².